The topological polar surface area (TPSA) is 76.7 Å². The van der Waals surface area contributed by atoms with Gasteiger partial charge in [-0.1, -0.05) is 18.2 Å². The number of para-hydroxylation sites is 1. The lowest BCUT2D eigenvalue weighted by molar-refractivity contribution is -0.124. The molecule has 6 nitrogen and oxygen atoms in total. The van der Waals surface area contributed by atoms with E-state index in [0.29, 0.717) is 5.56 Å². The predicted molar refractivity (Wildman–Crippen MR) is 101 cm³/mol. The molecule has 0 spiro atoms. The minimum Gasteiger partial charge on any atom is -0.493 e. The quantitative estimate of drug-likeness (QED) is 0.734. The summed E-state index contributed by atoms with van der Waals surface area (Å²) in [5.41, 5.74) is 1.39. The smallest absolute Gasteiger partial charge is 0.387 e. The molecule has 1 atom stereocenters. The number of fused-ring (bicyclic) bond motifs is 1. The molecule has 0 radical (unpaired) electrons. The molecular formula is C19H18F2N2O4S. The molecule has 0 aromatic heterocycles. The molecule has 3 rings (SSSR count). The molecule has 2 aromatic rings. The van der Waals surface area contributed by atoms with Gasteiger partial charge in [-0.25, -0.2) is 0 Å². The summed E-state index contributed by atoms with van der Waals surface area (Å²) < 4.78 is 34.1. The number of carbonyl (C=O) groups is 2. The van der Waals surface area contributed by atoms with Crippen LogP contribution in [0, 0.1) is 0 Å². The van der Waals surface area contributed by atoms with Crippen LogP contribution in [0.15, 0.2) is 47.4 Å². The van der Waals surface area contributed by atoms with Crippen LogP contribution in [0.4, 0.5) is 14.5 Å². The van der Waals surface area contributed by atoms with Crippen molar-refractivity contribution in [2.24, 2.45) is 0 Å². The van der Waals surface area contributed by atoms with Crippen LogP contribution in [0.1, 0.15) is 12.0 Å². The van der Waals surface area contributed by atoms with Crippen molar-refractivity contribution in [3.8, 4) is 11.5 Å². The number of nitrogens with one attached hydrogen (secondary N) is 2. The van der Waals surface area contributed by atoms with E-state index in [9.17, 15) is 18.4 Å². The van der Waals surface area contributed by atoms with Crippen LogP contribution in [-0.4, -0.2) is 30.8 Å². The van der Waals surface area contributed by atoms with Gasteiger partial charge >= 0.3 is 6.61 Å². The molecular weight excluding hydrogens is 390 g/mol. The van der Waals surface area contributed by atoms with Gasteiger partial charge in [-0.2, -0.15) is 8.78 Å². The fraction of sp³-hybridized carbons (Fsp3) is 0.263. The zero-order valence-corrected chi connectivity index (χ0v) is 15.7. The van der Waals surface area contributed by atoms with Gasteiger partial charge < -0.3 is 20.1 Å². The van der Waals surface area contributed by atoms with Crippen LogP contribution < -0.4 is 20.1 Å². The Balaban J connectivity index is 1.56. The predicted octanol–water partition coefficient (Wildman–Crippen LogP) is 3.42. The number of halogens is 2. The van der Waals surface area contributed by atoms with Crippen molar-refractivity contribution in [3.63, 3.8) is 0 Å². The van der Waals surface area contributed by atoms with Crippen LogP contribution in [0.2, 0.25) is 0 Å². The molecule has 1 aliphatic heterocycles. The highest BCUT2D eigenvalue weighted by Crippen LogP contribution is 2.36. The van der Waals surface area contributed by atoms with Crippen LogP contribution >= 0.6 is 11.8 Å². The maximum atomic E-state index is 12.4. The van der Waals surface area contributed by atoms with Crippen LogP contribution in [-0.2, 0) is 16.1 Å². The number of alkyl halides is 2. The molecule has 1 heterocycles. The minimum atomic E-state index is -2.95. The fourth-order valence-electron chi connectivity index (χ4n) is 2.68. The Hall–Kier alpha value is -2.81. The summed E-state index contributed by atoms with van der Waals surface area (Å²) in [5.74, 6) is -0.444. The highest BCUT2D eigenvalue weighted by atomic mass is 32.2. The largest absolute Gasteiger partial charge is 0.493 e. The molecule has 9 heteroatoms. The van der Waals surface area contributed by atoms with Crippen LogP contribution in [0.25, 0.3) is 0 Å². The van der Waals surface area contributed by atoms with Gasteiger partial charge in [-0.05, 0) is 29.8 Å². The number of methoxy groups -OCH3 is 1. The molecule has 0 saturated carbocycles. The highest BCUT2D eigenvalue weighted by Gasteiger charge is 2.28. The average Bonchev–Trinajstić information content (AvgIpc) is 2.67. The first kappa shape index (κ1) is 19.9. The summed E-state index contributed by atoms with van der Waals surface area (Å²) in [4.78, 5) is 25.3. The minimum absolute atomic E-state index is 0.0224. The zero-order chi connectivity index (χ0) is 20.1. The summed E-state index contributed by atoms with van der Waals surface area (Å²) in [6, 6.07) is 11.8. The molecule has 28 heavy (non-hydrogen) atoms. The maximum Gasteiger partial charge on any atom is 0.387 e. The number of anilines is 1. The fourth-order valence-corrected chi connectivity index (χ4v) is 3.79. The molecule has 148 valence electrons. The summed E-state index contributed by atoms with van der Waals surface area (Å²) in [6.07, 6.45) is 0.0224. The van der Waals surface area contributed by atoms with Gasteiger partial charge in [-0.3, -0.25) is 9.59 Å². The first-order valence-corrected chi connectivity index (χ1v) is 9.29. The monoisotopic (exact) mass is 408 g/mol. The third-order valence-corrected chi connectivity index (χ3v) is 5.29. The van der Waals surface area contributed by atoms with Gasteiger partial charge in [0, 0.05) is 17.9 Å². The van der Waals surface area contributed by atoms with Gasteiger partial charge in [0.1, 0.15) is 0 Å². The summed E-state index contributed by atoms with van der Waals surface area (Å²) in [5, 5.41) is 5.00. The Morgan fingerprint density at radius 1 is 1.25 bits per heavy atom. The van der Waals surface area contributed by atoms with E-state index in [2.05, 4.69) is 15.4 Å². The number of ether oxygens (including phenoxy) is 2. The Kier molecular flexibility index (Phi) is 6.35. The summed E-state index contributed by atoms with van der Waals surface area (Å²) in [7, 11) is 1.34. The molecule has 0 unspecified atom stereocenters. The first-order chi connectivity index (χ1) is 13.5. The number of carbonyl (C=O) groups excluding carboxylic acids is 2. The molecule has 0 fully saturated rings. The number of thioether (sulfide) groups is 1. The van der Waals surface area contributed by atoms with E-state index >= 15 is 0 Å². The number of benzene rings is 2. The molecule has 0 saturated heterocycles. The van der Waals surface area contributed by atoms with Gasteiger partial charge in [0.15, 0.2) is 11.5 Å². The Labute approximate surface area is 164 Å². The second-order valence-corrected chi connectivity index (χ2v) is 7.18. The Morgan fingerprint density at radius 3 is 2.79 bits per heavy atom. The zero-order valence-electron chi connectivity index (χ0n) is 14.9. The highest BCUT2D eigenvalue weighted by molar-refractivity contribution is 8.01. The van der Waals surface area contributed by atoms with Crippen molar-refractivity contribution in [1.82, 2.24) is 5.32 Å². The van der Waals surface area contributed by atoms with Gasteiger partial charge in [0.2, 0.25) is 11.8 Å². The molecule has 2 aromatic carbocycles. The van der Waals surface area contributed by atoms with Crippen molar-refractivity contribution in [3.05, 3.63) is 48.0 Å². The SMILES string of the molecule is COc1cc(CNC(=O)C[C@@H]2Sc3ccccc3NC2=O)ccc1OC(F)F. The Bertz CT molecular complexity index is 879. The summed E-state index contributed by atoms with van der Waals surface area (Å²) >= 11 is 1.35. The molecule has 2 amide bonds. The van der Waals surface area contributed by atoms with Crippen molar-refractivity contribution >= 4 is 29.3 Å². The van der Waals surface area contributed by atoms with E-state index in [0.717, 1.165) is 10.6 Å². The number of hydrogen-bond acceptors (Lipinski definition) is 5. The molecule has 0 aliphatic carbocycles. The normalized spacial score (nSPS) is 15.6. The second kappa shape index (κ2) is 8.92. The van der Waals surface area contributed by atoms with Crippen molar-refractivity contribution in [2.75, 3.05) is 12.4 Å². The first-order valence-electron chi connectivity index (χ1n) is 8.41. The average molecular weight is 408 g/mol. The molecule has 1 aliphatic rings. The Morgan fingerprint density at radius 2 is 2.04 bits per heavy atom. The third-order valence-electron chi connectivity index (χ3n) is 4.01. The van der Waals surface area contributed by atoms with Crippen LogP contribution in [0.5, 0.6) is 11.5 Å². The van der Waals surface area contributed by atoms with E-state index in [4.69, 9.17) is 4.74 Å². The summed E-state index contributed by atoms with van der Waals surface area (Å²) in [6.45, 7) is -2.79. The lowest BCUT2D eigenvalue weighted by Gasteiger charge is -2.23. The lowest BCUT2D eigenvalue weighted by atomic mass is 10.2. The number of hydrogen-bond donors (Lipinski definition) is 2. The van der Waals surface area contributed by atoms with Crippen molar-refractivity contribution in [2.45, 2.75) is 29.7 Å². The standard InChI is InChI=1S/C19H18F2N2O4S/c1-26-14-8-11(6-7-13(14)27-19(20)21)10-22-17(24)9-16-18(25)23-12-4-2-3-5-15(12)28-16/h2-8,16,19H,9-10H2,1H3,(H,22,24)(H,23,25)/t16-/m0/s1. The van der Waals surface area contributed by atoms with Gasteiger partial charge in [0.25, 0.3) is 0 Å². The van der Waals surface area contributed by atoms with E-state index in [1.165, 1.54) is 31.0 Å². The molecule has 2 N–H and O–H groups in total. The van der Waals surface area contributed by atoms with E-state index in [1.54, 1.807) is 6.07 Å². The van der Waals surface area contributed by atoms with Crippen molar-refractivity contribution in [1.29, 1.82) is 0 Å². The molecule has 0 bridgehead atoms. The second-order valence-electron chi connectivity index (χ2n) is 5.94. The van der Waals surface area contributed by atoms with Crippen molar-refractivity contribution < 1.29 is 27.8 Å². The number of rotatable bonds is 7. The third kappa shape index (κ3) is 4.92. The maximum absolute atomic E-state index is 12.4. The van der Waals surface area contributed by atoms with E-state index < -0.39 is 11.9 Å². The van der Waals surface area contributed by atoms with Gasteiger partial charge in [-0.15, -0.1) is 11.8 Å². The lowest BCUT2D eigenvalue weighted by Crippen LogP contribution is -2.34. The van der Waals surface area contributed by atoms with E-state index in [1.807, 2.05) is 24.3 Å². The number of amides is 2. The van der Waals surface area contributed by atoms with Crippen LogP contribution in [0.3, 0.4) is 0 Å². The van der Waals surface area contributed by atoms with Gasteiger partial charge in [0.05, 0.1) is 18.0 Å². The van der Waals surface area contributed by atoms with E-state index in [-0.39, 0.29) is 36.3 Å².